The smallest absolute Gasteiger partial charge is 0.149 e. The minimum Gasteiger partial charge on any atom is -0.322 e. The molecule has 0 saturated heterocycles. The van der Waals surface area contributed by atoms with Crippen LogP contribution in [0.1, 0.15) is 24.4 Å². The summed E-state index contributed by atoms with van der Waals surface area (Å²) in [5, 5.41) is 9.80. The van der Waals surface area contributed by atoms with Crippen LogP contribution < -0.4 is 5.73 Å². The molecule has 17 heavy (non-hydrogen) atoms. The molecule has 1 aromatic carbocycles. The van der Waals surface area contributed by atoms with Crippen LogP contribution in [0.4, 0.5) is 4.39 Å². The molecule has 1 unspecified atom stereocenters. The normalized spacial score (nSPS) is 12.7. The lowest BCUT2D eigenvalue weighted by molar-refractivity contribution is 0.628. The van der Waals surface area contributed by atoms with Crippen molar-refractivity contribution in [3.05, 3.63) is 34.0 Å². The molecule has 6 heteroatoms. The minimum atomic E-state index is -0.367. The lowest BCUT2D eigenvalue weighted by atomic mass is 10.2. The first kappa shape index (κ1) is 12.4. The monoisotopic (exact) mass is 271 g/mol. The maximum absolute atomic E-state index is 12.9. The van der Waals surface area contributed by atoms with Gasteiger partial charge in [0.25, 0.3) is 0 Å². The molecule has 0 saturated carbocycles. The fraction of sp³-hybridized carbons (Fsp3) is 0.273. The van der Waals surface area contributed by atoms with Crippen molar-refractivity contribution in [3.63, 3.8) is 0 Å². The van der Waals surface area contributed by atoms with E-state index in [2.05, 4.69) is 10.2 Å². The van der Waals surface area contributed by atoms with E-state index in [1.54, 1.807) is 6.07 Å². The maximum Gasteiger partial charge on any atom is 0.149 e. The lowest BCUT2D eigenvalue weighted by Crippen LogP contribution is -2.07. The zero-order valence-electron chi connectivity index (χ0n) is 9.15. The molecule has 2 rings (SSSR count). The Morgan fingerprint density at radius 2 is 2.24 bits per heavy atom. The van der Waals surface area contributed by atoms with Crippen molar-refractivity contribution in [3.8, 4) is 10.6 Å². The van der Waals surface area contributed by atoms with Gasteiger partial charge in [0.2, 0.25) is 0 Å². The van der Waals surface area contributed by atoms with Crippen molar-refractivity contribution in [1.82, 2.24) is 10.2 Å². The van der Waals surface area contributed by atoms with Crippen LogP contribution in [0, 0.1) is 5.82 Å². The summed E-state index contributed by atoms with van der Waals surface area (Å²) in [6.07, 6.45) is 0.797. The molecule has 1 atom stereocenters. The van der Waals surface area contributed by atoms with Crippen molar-refractivity contribution in [2.24, 2.45) is 5.73 Å². The van der Waals surface area contributed by atoms with Gasteiger partial charge in [-0.3, -0.25) is 0 Å². The van der Waals surface area contributed by atoms with Crippen LogP contribution in [0.3, 0.4) is 0 Å². The Morgan fingerprint density at radius 1 is 1.47 bits per heavy atom. The van der Waals surface area contributed by atoms with Gasteiger partial charge >= 0.3 is 0 Å². The molecule has 0 aliphatic carbocycles. The van der Waals surface area contributed by atoms with E-state index in [0.29, 0.717) is 15.6 Å². The molecule has 3 nitrogen and oxygen atoms in total. The fourth-order valence-corrected chi connectivity index (χ4v) is 2.61. The maximum atomic E-state index is 12.9. The topological polar surface area (TPSA) is 51.8 Å². The minimum absolute atomic E-state index is 0.111. The van der Waals surface area contributed by atoms with E-state index in [0.717, 1.165) is 11.4 Å². The second-order valence-electron chi connectivity index (χ2n) is 3.58. The quantitative estimate of drug-likeness (QED) is 0.931. The van der Waals surface area contributed by atoms with Crippen molar-refractivity contribution in [2.75, 3.05) is 0 Å². The number of hydrogen-bond donors (Lipinski definition) is 1. The SMILES string of the molecule is CCC(N)c1nnc(-c2ccc(F)cc2Cl)s1. The predicted octanol–water partition coefficient (Wildman–Crippen LogP) is 3.41. The molecule has 1 aromatic heterocycles. The average Bonchev–Trinajstić information content (AvgIpc) is 2.77. The molecule has 1 heterocycles. The second-order valence-corrected chi connectivity index (χ2v) is 5.00. The first-order valence-corrected chi connectivity index (χ1v) is 6.35. The van der Waals surface area contributed by atoms with E-state index in [1.807, 2.05) is 6.92 Å². The number of benzene rings is 1. The molecular formula is C11H11ClFN3S. The van der Waals surface area contributed by atoms with Gasteiger partial charge in [0.1, 0.15) is 15.8 Å². The van der Waals surface area contributed by atoms with Gasteiger partial charge in [-0.2, -0.15) is 0 Å². The zero-order chi connectivity index (χ0) is 12.4. The summed E-state index contributed by atoms with van der Waals surface area (Å²) >= 11 is 7.34. The molecule has 2 aromatic rings. The average molecular weight is 272 g/mol. The standard InChI is InChI=1S/C11H11ClFN3S/c1-2-9(14)11-16-15-10(17-11)7-4-3-6(13)5-8(7)12/h3-5,9H,2,14H2,1H3. The third-order valence-electron chi connectivity index (χ3n) is 2.36. The van der Waals surface area contributed by atoms with Crippen molar-refractivity contribution in [2.45, 2.75) is 19.4 Å². The summed E-state index contributed by atoms with van der Waals surface area (Å²) in [7, 11) is 0. The predicted molar refractivity (Wildman–Crippen MR) is 67.5 cm³/mol. The third kappa shape index (κ3) is 2.62. The number of halogens is 2. The Morgan fingerprint density at radius 3 is 2.88 bits per heavy atom. The van der Waals surface area contributed by atoms with Gasteiger partial charge in [0.15, 0.2) is 0 Å². The molecule has 0 amide bonds. The second kappa shape index (κ2) is 5.08. The van der Waals surface area contributed by atoms with E-state index in [1.165, 1.54) is 23.5 Å². The Kier molecular flexibility index (Phi) is 3.71. The van der Waals surface area contributed by atoms with E-state index in [9.17, 15) is 4.39 Å². The first-order chi connectivity index (χ1) is 8.11. The van der Waals surface area contributed by atoms with Crippen LogP contribution in [0.5, 0.6) is 0 Å². The summed E-state index contributed by atoms with van der Waals surface area (Å²) < 4.78 is 12.9. The molecule has 90 valence electrons. The highest BCUT2D eigenvalue weighted by Crippen LogP contribution is 2.32. The van der Waals surface area contributed by atoms with Crippen LogP contribution in [-0.4, -0.2) is 10.2 Å². The highest BCUT2D eigenvalue weighted by molar-refractivity contribution is 7.14. The summed E-state index contributed by atoms with van der Waals surface area (Å²) in [5.41, 5.74) is 6.54. The highest BCUT2D eigenvalue weighted by atomic mass is 35.5. The summed E-state index contributed by atoms with van der Waals surface area (Å²) in [6.45, 7) is 1.98. The van der Waals surface area contributed by atoms with Crippen LogP contribution in [0.15, 0.2) is 18.2 Å². The molecule has 0 aliphatic rings. The van der Waals surface area contributed by atoms with Crippen molar-refractivity contribution < 1.29 is 4.39 Å². The Bertz CT molecular complexity index is 529. The van der Waals surface area contributed by atoms with Crippen LogP contribution in [0.2, 0.25) is 5.02 Å². The fourth-order valence-electron chi connectivity index (χ4n) is 1.33. The molecular weight excluding hydrogens is 261 g/mol. The van der Waals surface area contributed by atoms with E-state index < -0.39 is 0 Å². The van der Waals surface area contributed by atoms with Gasteiger partial charge in [-0.1, -0.05) is 29.9 Å². The van der Waals surface area contributed by atoms with Gasteiger partial charge in [-0.15, -0.1) is 10.2 Å². The summed E-state index contributed by atoms with van der Waals surface area (Å²) in [4.78, 5) is 0. The Balaban J connectivity index is 2.37. The van der Waals surface area contributed by atoms with Gasteiger partial charge in [-0.25, -0.2) is 4.39 Å². The van der Waals surface area contributed by atoms with E-state index in [-0.39, 0.29) is 11.9 Å². The molecule has 2 N–H and O–H groups in total. The lowest BCUT2D eigenvalue weighted by Gasteiger charge is -2.01. The third-order valence-corrected chi connectivity index (χ3v) is 3.76. The zero-order valence-corrected chi connectivity index (χ0v) is 10.7. The molecule has 0 radical (unpaired) electrons. The van der Waals surface area contributed by atoms with Crippen LogP contribution in [0.25, 0.3) is 10.6 Å². The number of nitrogens with zero attached hydrogens (tertiary/aromatic N) is 2. The molecule has 0 spiro atoms. The number of nitrogens with two attached hydrogens (primary N) is 1. The van der Waals surface area contributed by atoms with Crippen molar-refractivity contribution in [1.29, 1.82) is 0 Å². The highest BCUT2D eigenvalue weighted by Gasteiger charge is 2.14. The Labute approximate surface area is 107 Å². The van der Waals surface area contributed by atoms with Gasteiger partial charge in [0.05, 0.1) is 11.1 Å². The summed E-state index contributed by atoms with van der Waals surface area (Å²) in [5.74, 6) is -0.367. The largest absolute Gasteiger partial charge is 0.322 e. The van der Waals surface area contributed by atoms with Gasteiger partial charge in [0, 0.05) is 5.56 Å². The molecule has 0 fully saturated rings. The number of rotatable bonds is 3. The van der Waals surface area contributed by atoms with E-state index >= 15 is 0 Å². The van der Waals surface area contributed by atoms with Gasteiger partial charge < -0.3 is 5.73 Å². The molecule has 0 bridgehead atoms. The van der Waals surface area contributed by atoms with Crippen LogP contribution >= 0.6 is 22.9 Å². The number of aromatic nitrogens is 2. The molecule has 0 aliphatic heterocycles. The van der Waals surface area contributed by atoms with Crippen LogP contribution in [-0.2, 0) is 0 Å². The van der Waals surface area contributed by atoms with E-state index in [4.69, 9.17) is 17.3 Å². The number of hydrogen-bond acceptors (Lipinski definition) is 4. The first-order valence-electron chi connectivity index (χ1n) is 5.16. The van der Waals surface area contributed by atoms with Gasteiger partial charge in [-0.05, 0) is 24.6 Å². The Hall–Kier alpha value is -1.04. The summed E-state index contributed by atoms with van der Waals surface area (Å²) in [6, 6.07) is 4.10. The van der Waals surface area contributed by atoms with Crippen molar-refractivity contribution >= 4 is 22.9 Å².